The van der Waals surface area contributed by atoms with E-state index in [1.165, 1.54) is 6.07 Å². The van der Waals surface area contributed by atoms with Gasteiger partial charge in [0.2, 0.25) is 5.91 Å². The lowest BCUT2D eigenvalue weighted by Gasteiger charge is -2.07. The molecule has 1 N–H and O–H groups in total. The van der Waals surface area contributed by atoms with E-state index in [1.54, 1.807) is 18.2 Å². The lowest BCUT2D eigenvalue weighted by Crippen LogP contribution is -2.27. The molecule has 2 aromatic rings. The molecule has 4 heteroatoms. The molecular weight excluding hydrogens is 321 g/mol. The third-order valence-corrected chi connectivity index (χ3v) is 3.76. The Kier molecular flexibility index (Phi) is 5.30. The molecule has 104 valence electrons. The Labute approximate surface area is 126 Å². The molecule has 0 aliphatic rings. The minimum atomic E-state index is -0.229. The first kappa shape index (κ1) is 14.7. The number of hydrogen-bond acceptors (Lipinski definition) is 1. The Morgan fingerprint density at radius 1 is 1.05 bits per heavy atom. The zero-order valence-corrected chi connectivity index (χ0v) is 12.5. The van der Waals surface area contributed by atoms with Crippen LogP contribution in [0.25, 0.3) is 0 Å². The van der Waals surface area contributed by atoms with Crippen molar-refractivity contribution in [3.05, 3.63) is 69.9 Å². The smallest absolute Gasteiger partial charge is 0.224 e. The predicted octanol–water partition coefficient (Wildman–Crippen LogP) is 3.49. The molecule has 0 radical (unpaired) electrons. The summed E-state index contributed by atoms with van der Waals surface area (Å²) in [5.74, 6) is -0.291. The molecule has 2 nitrogen and oxygen atoms in total. The summed E-state index contributed by atoms with van der Waals surface area (Å²) in [5.41, 5.74) is 1.56. The summed E-state index contributed by atoms with van der Waals surface area (Å²) in [6.45, 7) is 0.435. The van der Waals surface area contributed by atoms with Crippen LogP contribution in [0.3, 0.4) is 0 Å². The van der Waals surface area contributed by atoms with Gasteiger partial charge in [0.1, 0.15) is 5.82 Å². The first-order valence-corrected chi connectivity index (χ1v) is 7.19. The van der Waals surface area contributed by atoms with Gasteiger partial charge >= 0.3 is 0 Å². The monoisotopic (exact) mass is 335 g/mol. The van der Waals surface area contributed by atoms with Crippen molar-refractivity contribution in [2.24, 2.45) is 0 Å². The van der Waals surface area contributed by atoms with E-state index < -0.39 is 0 Å². The summed E-state index contributed by atoms with van der Waals surface area (Å²) in [5, 5.41) is 2.81. The van der Waals surface area contributed by atoms with Gasteiger partial charge in [0, 0.05) is 11.0 Å². The van der Waals surface area contributed by atoms with E-state index >= 15 is 0 Å². The van der Waals surface area contributed by atoms with Gasteiger partial charge in [0.25, 0.3) is 0 Å². The first-order valence-electron chi connectivity index (χ1n) is 6.40. The van der Waals surface area contributed by atoms with Crippen molar-refractivity contribution in [3.8, 4) is 0 Å². The van der Waals surface area contributed by atoms with Gasteiger partial charge in [-0.15, -0.1) is 0 Å². The average molecular weight is 336 g/mol. The third-order valence-electron chi connectivity index (χ3n) is 2.98. The normalized spacial score (nSPS) is 10.3. The van der Waals surface area contributed by atoms with Crippen LogP contribution in [0.4, 0.5) is 4.39 Å². The van der Waals surface area contributed by atoms with Crippen LogP contribution >= 0.6 is 15.9 Å². The molecule has 0 fully saturated rings. The number of nitrogens with one attached hydrogen (secondary N) is 1. The third kappa shape index (κ3) is 4.17. The molecule has 0 aromatic heterocycles. The molecule has 0 saturated carbocycles. The molecule has 0 bridgehead atoms. The van der Waals surface area contributed by atoms with E-state index in [1.807, 2.05) is 24.3 Å². The maximum absolute atomic E-state index is 13.4. The van der Waals surface area contributed by atoms with Crippen molar-refractivity contribution in [3.63, 3.8) is 0 Å². The van der Waals surface area contributed by atoms with Gasteiger partial charge in [-0.2, -0.15) is 0 Å². The SMILES string of the molecule is O=C(Cc1ccccc1Br)NCCc1ccccc1F. The van der Waals surface area contributed by atoms with E-state index in [-0.39, 0.29) is 11.7 Å². The molecule has 2 rings (SSSR count). The summed E-state index contributed by atoms with van der Waals surface area (Å²) < 4.78 is 14.3. The summed E-state index contributed by atoms with van der Waals surface area (Å²) in [7, 11) is 0. The van der Waals surface area contributed by atoms with Crippen molar-refractivity contribution in [2.75, 3.05) is 6.54 Å². The van der Waals surface area contributed by atoms with Crippen molar-refractivity contribution < 1.29 is 9.18 Å². The van der Waals surface area contributed by atoms with Crippen molar-refractivity contribution in [1.82, 2.24) is 5.32 Å². The standard InChI is InChI=1S/C16H15BrFNO/c17-14-7-3-1-6-13(14)11-16(20)19-10-9-12-5-2-4-8-15(12)18/h1-8H,9-11H2,(H,19,20). The Balaban J connectivity index is 1.82. The lowest BCUT2D eigenvalue weighted by atomic mass is 10.1. The fourth-order valence-corrected chi connectivity index (χ4v) is 2.34. The van der Waals surface area contributed by atoms with Gasteiger partial charge in [0.15, 0.2) is 0 Å². The second-order valence-corrected chi connectivity index (χ2v) is 5.31. The summed E-state index contributed by atoms with van der Waals surface area (Å²) in [6.07, 6.45) is 0.813. The maximum Gasteiger partial charge on any atom is 0.224 e. The largest absolute Gasteiger partial charge is 0.355 e. The van der Waals surface area contributed by atoms with Crippen molar-refractivity contribution >= 4 is 21.8 Å². The van der Waals surface area contributed by atoms with Gasteiger partial charge in [-0.3, -0.25) is 4.79 Å². The highest BCUT2D eigenvalue weighted by Gasteiger charge is 2.06. The molecule has 0 aliphatic carbocycles. The molecule has 0 saturated heterocycles. The molecule has 20 heavy (non-hydrogen) atoms. The highest BCUT2D eigenvalue weighted by Crippen LogP contribution is 2.16. The fraction of sp³-hybridized carbons (Fsp3) is 0.188. The van der Waals surface area contributed by atoms with Gasteiger partial charge in [0.05, 0.1) is 6.42 Å². The predicted molar refractivity (Wildman–Crippen MR) is 81.0 cm³/mol. The van der Waals surface area contributed by atoms with Gasteiger partial charge in [-0.05, 0) is 29.7 Å². The van der Waals surface area contributed by atoms with Crippen molar-refractivity contribution in [2.45, 2.75) is 12.8 Å². The number of carbonyl (C=O) groups is 1. The summed E-state index contributed by atoms with van der Waals surface area (Å²) in [4.78, 5) is 11.8. The number of halogens is 2. The van der Waals surface area contributed by atoms with E-state index in [0.717, 1.165) is 10.0 Å². The minimum absolute atomic E-state index is 0.0618. The molecule has 0 spiro atoms. The topological polar surface area (TPSA) is 29.1 Å². The molecule has 0 aliphatic heterocycles. The fourth-order valence-electron chi connectivity index (χ4n) is 1.91. The zero-order chi connectivity index (χ0) is 14.4. The number of carbonyl (C=O) groups excluding carboxylic acids is 1. The lowest BCUT2D eigenvalue weighted by molar-refractivity contribution is -0.120. The summed E-state index contributed by atoms with van der Waals surface area (Å²) in [6, 6.07) is 14.2. The minimum Gasteiger partial charge on any atom is -0.355 e. The number of amides is 1. The number of benzene rings is 2. The van der Waals surface area contributed by atoms with E-state index in [2.05, 4.69) is 21.2 Å². The zero-order valence-electron chi connectivity index (χ0n) is 10.9. The first-order chi connectivity index (χ1) is 9.66. The van der Waals surface area contributed by atoms with Gasteiger partial charge in [-0.1, -0.05) is 52.3 Å². The summed E-state index contributed by atoms with van der Waals surface area (Å²) >= 11 is 3.41. The van der Waals surface area contributed by atoms with Gasteiger partial charge in [-0.25, -0.2) is 4.39 Å². The van der Waals surface area contributed by atoms with Crippen LogP contribution in [0, 0.1) is 5.82 Å². The Morgan fingerprint density at radius 3 is 2.40 bits per heavy atom. The highest BCUT2D eigenvalue weighted by atomic mass is 79.9. The Hall–Kier alpha value is -1.68. The van der Waals surface area contributed by atoms with Crippen LogP contribution in [0.15, 0.2) is 53.0 Å². The van der Waals surface area contributed by atoms with Crippen LogP contribution < -0.4 is 5.32 Å². The maximum atomic E-state index is 13.4. The number of hydrogen-bond donors (Lipinski definition) is 1. The average Bonchev–Trinajstić information content (AvgIpc) is 2.43. The molecular formula is C16H15BrFNO. The quantitative estimate of drug-likeness (QED) is 0.890. The Morgan fingerprint density at radius 2 is 1.70 bits per heavy atom. The number of rotatable bonds is 5. The van der Waals surface area contributed by atoms with Crippen LogP contribution in [-0.4, -0.2) is 12.5 Å². The molecule has 0 atom stereocenters. The van der Waals surface area contributed by atoms with E-state index in [0.29, 0.717) is 24.9 Å². The van der Waals surface area contributed by atoms with Crippen LogP contribution in [0.5, 0.6) is 0 Å². The van der Waals surface area contributed by atoms with Crippen LogP contribution in [0.2, 0.25) is 0 Å². The second kappa shape index (κ2) is 7.20. The van der Waals surface area contributed by atoms with E-state index in [9.17, 15) is 9.18 Å². The van der Waals surface area contributed by atoms with Gasteiger partial charge < -0.3 is 5.32 Å². The van der Waals surface area contributed by atoms with Crippen molar-refractivity contribution in [1.29, 1.82) is 0 Å². The highest BCUT2D eigenvalue weighted by molar-refractivity contribution is 9.10. The second-order valence-electron chi connectivity index (χ2n) is 4.46. The van der Waals surface area contributed by atoms with E-state index in [4.69, 9.17) is 0 Å². The Bertz CT molecular complexity index is 601. The molecule has 1 amide bonds. The molecule has 0 heterocycles. The van der Waals surface area contributed by atoms with Crippen LogP contribution in [-0.2, 0) is 17.6 Å². The molecule has 0 unspecified atom stereocenters. The van der Waals surface area contributed by atoms with Crippen LogP contribution in [0.1, 0.15) is 11.1 Å². The molecule has 2 aromatic carbocycles.